The van der Waals surface area contributed by atoms with Gasteiger partial charge in [0.2, 0.25) is 0 Å². The summed E-state index contributed by atoms with van der Waals surface area (Å²) in [5, 5.41) is 0. The van der Waals surface area contributed by atoms with Crippen molar-refractivity contribution < 1.29 is 19.2 Å². The normalized spacial score (nSPS) is 10.0. The van der Waals surface area contributed by atoms with Gasteiger partial charge in [0, 0.05) is 0 Å². The summed E-state index contributed by atoms with van der Waals surface area (Å²) in [6.07, 6.45) is 0. The zero-order chi connectivity index (χ0) is 4.50. The van der Waals surface area contributed by atoms with Crippen LogP contribution in [0, 0.1) is 0 Å². The van der Waals surface area contributed by atoms with Gasteiger partial charge in [-0.2, -0.15) is 0 Å². The molecule has 6 heavy (non-hydrogen) atoms. The van der Waals surface area contributed by atoms with E-state index >= 15 is 0 Å². The van der Waals surface area contributed by atoms with Crippen LogP contribution < -0.4 is 0 Å². The molecule has 36 valence electrons. The van der Waals surface area contributed by atoms with Gasteiger partial charge < -0.3 is 19.2 Å². The molecule has 0 aliphatic carbocycles. The summed E-state index contributed by atoms with van der Waals surface area (Å²) in [4.78, 5) is 29.3. The van der Waals surface area contributed by atoms with Gasteiger partial charge in [0.1, 0.15) is 0 Å². The average molecular weight is 235 g/mol. The molecule has 4 N–H and O–H groups in total. The summed E-state index contributed by atoms with van der Waals surface area (Å²) in [5.41, 5.74) is 0. The summed E-state index contributed by atoms with van der Waals surface area (Å²) < 4.78 is 0. The predicted molar refractivity (Wildman–Crippen MR) is 23.2 cm³/mol. The molecule has 0 amide bonds. The molecule has 0 aliphatic rings. The Hall–Kier alpha value is 1.63. The Bertz CT molecular complexity index is 23.0. The Balaban J connectivity index is 0. The van der Waals surface area contributed by atoms with Gasteiger partial charge in [-0.3, -0.25) is 0 Å². The van der Waals surface area contributed by atoms with Gasteiger partial charge in [-0.15, -0.1) is 0 Å². The predicted octanol–water partition coefficient (Wildman–Crippen LogP) is -3.52. The first-order valence-corrected chi connectivity index (χ1v) is 2.68. The number of hydrogen-bond donors (Lipinski definition) is 4. The van der Waals surface area contributed by atoms with E-state index in [9.17, 15) is 0 Å². The Morgan fingerprint density at radius 1 is 0.833 bits per heavy atom. The van der Waals surface area contributed by atoms with Crippen molar-refractivity contribution in [3.8, 4) is 0 Å². The van der Waals surface area contributed by atoms with E-state index in [0.29, 0.717) is 0 Å². The molecule has 4 nitrogen and oxygen atoms in total. The van der Waals surface area contributed by atoms with Crippen molar-refractivity contribution in [2.24, 2.45) is 0 Å². The Morgan fingerprint density at radius 2 is 0.833 bits per heavy atom. The molecule has 0 saturated carbocycles. The minimum atomic E-state index is -4.61. The first-order chi connectivity index (χ1) is 2.00. The van der Waals surface area contributed by atoms with Crippen LogP contribution in [-0.4, -0.2) is 77.1 Å². The molecule has 0 aliphatic heterocycles. The van der Waals surface area contributed by atoms with Crippen LogP contribution in [0.15, 0.2) is 0 Å². The van der Waals surface area contributed by atoms with Crippen LogP contribution in [0.5, 0.6) is 0 Å². The average Bonchev–Trinajstić information content (AvgIpc) is 0.722. The van der Waals surface area contributed by atoms with E-state index in [1.807, 2.05) is 0 Å². The third-order valence-electron chi connectivity index (χ3n) is 0. The first-order valence-electron chi connectivity index (χ1n) is 0.894. The fourth-order valence-corrected chi connectivity index (χ4v) is 0. The summed E-state index contributed by atoms with van der Waals surface area (Å²) in [5.74, 6) is 0. The molecule has 0 aromatic rings. The van der Waals surface area contributed by atoms with Crippen LogP contribution in [0.1, 0.15) is 0 Å². The molecule has 0 bridgehead atoms. The third-order valence-corrected chi connectivity index (χ3v) is 0. The van der Waals surface area contributed by atoms with E-state index in [1.165, 1.54) is 0 Å². The van der Waals surface area contributed by atoms with Crippen LogP contribution in [0.4, 0.5) is 0 Å². The van der Waals surface area contributed by atoms with Gasteiger partial charge in [-0.25, -0.2) is 0 Å². The second-order valence-electron chi connectivity index (χ2n) is 0.600. The monoisotopic (exact) mass is 236 g/mol. The van der Waals surface area contributed by atoms with E-state index in [1.54, 1.807) is 0 Å². The van der Waals surface area contributed by atoms with Gasteiger partial charge >= 0.3 is 57.9 Å². The molecule has 0 spiro atoms. The maximum absolute atomic E-state index is 7.33. The van der Waals surface area contributed by atoms with E-state index < -0.39 is 9.05 Å². The fourth-order valence-electron chi connectivity index (χ4n) is 0. The molecule has 0 aromatic heterocycles. The summed E-state index contributed by atoms with van der Waals surface area (Å²) >= 11 is 0. The maximum atomic E-state index is 7.33. The molecule has 0 atom stereocenters. The van der Waals surface area contributed by atoms with Crippen molar-refractivity contribution in [2.75, 3.05) is 0 Å². The van der Waals surface area contributed by atoms with Crippen LogP contribution in [0.2, 0.25) is 0 Å². The summed E-state index contributed by atoms with van der Waals surface area (Å²) in [6, 6.07) is 0. The molecular weight excluding hydrogens is 229 g/mol. The molecule has 0 rings (SSSR count). The van der Waals surface area contributed by atoms with Gasteiger partial charge in [0.05, 0.1) is 0 Å². The first kappa shape index (κ1) is 10.6. The van der Waals surface area contributed by atoms with Crippen molar-refractivity contribution in [1.29, 1.82) is 0 Å². The standard InChI is InChI=1S/Ba.H4O4Si.2H/c;1-5(2,3)4;;/h;1-4H;;. The summed E-state index contributed by atoms with van der Waals surface area (Å²) in [6.45, 7) is 0. The van der Waals surface area contributed by atoms with Crippen LogP contribution in [-0.2, 0) is 0 Å². The van der Waals surface area contributed by atoms with E-state index in [-0.39, 0.29) is 48.9 Å². The van der Waals surface area contributed by atoms with Crippen molar-refractivity contribution in [3.05, 3.63) is 0 Å². The number of hydrogen-bond acceptors (Lipinski definition) is 4. The second-order valence-corrected chi connectivity index (χ2v) is 1.80. The molecule has 0 unspecified atom stereocenters. The SMILES string of the molecule is O[Si](O)(O)O.[BaH2]. The molecule has 0 radical (unpaired) electrons. The quantitative estimate of drug-likeness (QED) is 0.328. The molecular formula is H6BaO4Si. The fraction of sp³-hybridized carbons (Fsp3) is 0. The molecule has 0 aromatic carbocycles. The molecule has 0 heterocycles. The van der Waals surface area contributed by atoms with Crippen LogP contribution in [0.25, 0.3) is 0 Å². The summed E-state index contributed by atoms with van der Waals surface area (Å²) in [7, 11) is -4.61. The van der Waals surface area contributed by atoms with Crippen molar-refractivity contribution in [3.63, 3.8) is 0 Å². The van der Waals surface area contributed by atoms with Crippen LogP contribution in [0.3, 0.4) is 0 Å². The van der Waals surface area contributed by atoms with Gasteiger partial charge in [0.25, 0.3) is 0 Å². The minimum absolute atomic E-state index is 0. The van der Waals surface area contributed by atoms with Gasteiger partial charge in [0.15, 0.2) is 0 Å². The van der Waals surface area contributed by atoms with E-state index in [0.717, 1.165) is 0 Å². The number of rotatable bonds is 0. The van der Waals surface area contributed by atoms with E-state index in [2.05, 4.69) is 0 Å². The van der Waals surface area contributed by atoms with Crippen molar-refractivity contribution >= 4 is 57.9 Å². The van der Waals surface area contributed by atoms with Gasteiger partial charge in [-0.05, 0) is 0 Å². The zero-order valence-corrected chi connectivity index (χ0v) is 3.29. The Kier molecular flexibility index (Phi) is 6.36. The van der Waals surface area contributed by atoms with Gasteiger partial charge in [-0.1, -0.05) is 0 Å². The zero-order valence-electron chi connectivity index (χ0n) is 2.29. The van der Waals surface area contributed by atoms with E-state index in [4.69, 9.17) is 19.2 Å². The topological polar surface area (TPSA) is 80.9 Å². The van der Waals surface area contributed by atoms with Crippen molar-refractivity contribution in [2.45, 2.75) is 0 Å². The second kappa shape index (κ2) is 3.61. The Labute approximate surface area is 76.0 Å². The molecule has 6 heteroatoms. The third kappa shape index (κ3) is 45.5. The van der Waals surface area contributed by atoms with Crippen LogP contribution >= 0.6 is 0 Å². The van der Waals surface area contributed by atoms with Crippen molar-refractivity contribution in [1.82, 2.24) is 0 Å². The molecule has 0 saturated heterocycles. The molecule has 0 fully saturated rings. The Morgan fingerprint density at radius 3 is 0.833 bits per heavy atom.